The molecule has 4 N–H and O–H groups in total. The van der Waals surface area contributed by atoms with Crippen molar-refractivity contribution in [1.82, 2.24) is 0 Å². The molecular weight excluding hydrogens is 210 g/mol. The second-order valence-electron chi connectivity index (χ2n) is 4.45. The van der Waals surface area contributed by atoms with Crippen LogP contribution in [0.25, 0.3) is 0 Å². The van der Waals surface area contributed by atoms with Gasteiger partial charge in [-0.2, -0.15) is 5.10 Å². The zero-order valence-electron chi connectivity index (χ0n) is 8.95. The van der Waals surface area contributed by atoms with Crippen LogP contribution in [0.3, 0.4) is 0 Å². The van der Waals surface area contributed by atoms with E-state index in [1.54, 1.807) is 0 Å². The van der Waals surface area contributed by atoms with Gasteiger partial charge in [-0.1, -0.05) is 24.6 Å². The molecule has 15 heavy (non-hydrogen) atoms. The molecule has 86 valence electrons. The van der Waals surface area contributed by atoms with E-state index < -0.39 is 0 Å². The van der Waals surface area contributed by atoms with Gasteiger partial charge in [0.05, 0.1) is 11.7 Å². The van der Waals surface area contributed by atoms with E-state index in [0.29, 0.717) is 11.3 Å². The van der Waals surface area contributed by atoms with Crippen molar-refractivity contribution in [3.63, 3.8) is 0 Å². The molecule has 1 unspecified atom stereocenters. The molecule has 0 bridgehead atoms. The first kappa shape index (κ1) is 11.1. The van der Waals surface area contributed by atoms with Crippen molar-refractivity contribution < 1.29 is 4.74 Å². The minimum atomic E-state index is 0.222. The molecular formula is C10H19N3OS. The second kappa shape index (κ2) is 4.61. The molecule has 1 saturated carbocycles. The van der Waals surface area contributed by atoms with Gasteiger partial charge in [-0.25, -0.2) is 0 Å². The van der Waals surface area contributed by atoms with Crippen molar-refractivity contribution in [2.75, 3.05) is 5.75 Å². The summed E-state index contributed by atoms with van der Waals surface area (Å²) in [6.45, 7) is 0. The summed E-state index contributed by atoms with van der Waals surface area (Å²) in [7, 11) is 0. The Hall–Kier alpha value is -0.420. The minimum absolute atomic E-state index is 0.222. The lowest BCUT2D eigenvalue weighted by Gasteiger charge is -2.23. The number of amidine groups is 1. The van der Waals surface area contributed by atoms with E-state index in [0.717, 1.165) is 12.2 Å². The van der Waals surface area contributed by atoms with E-state index >= 15 is 0 Å². The van der Waals surface area contributed by atoms with Crippen LogP contribution in [0.15, 0.2) is 5.10 Å². The Balaban J connectivity index is 1.77. The highest BCUT2D eigenvalue weighted by Crippen LogP contribution is 2.43. The van der Waals surface area contributed by atoms with Gasteiger partial charge in [-0.3, -0.25) is 0 Å². The van der Waals surface area contributed by atoms with Crippen molar-refractivity contribution >= 4 is 16.9 Å². The lowest BCUT2D eigenvalue weighted by atomic mass is 9.98. The predicted molar refractivity (Wildman–Crippen MR) is 63.6 cm³/mol. The van der Waals surface area contributed by atoms with E-state index in [1.165, 1.54) is 43.9 Å². The second-order valence-corrected chi connectivity index (χ2v) is 5.49. The first-order valence-electron chi connectivity index (χ1n) is 5.58. The van der Waals surface area contributed by atoms with Gasteiger partial charge in [-0.05, 0) is 25.7 Å². The number of nitrogens with two attached hydrogens (primary N) is 2. The molecule has 0 aromatic heterocycles. The number of nitrogens with zero attached hydrogens (tertiary/aromatic N) is 1. The summed E-state index contributed by atoms with van der Waals surface area (Å²) in [4.78, 5) is 0. The Kier molecular flexibility index (Phi) is 3.41. The summed E-state index contributed by atoms with van der Waals surface area (Å²) >= 11 is 1.49. The van der Waals surface area contributed by atoms with Crippen LogP contribution >= 0.6 is 11.8 Å². The highest BCUT2D eigenvalue weighted by atomic mass is 32.2. The molecule has 0 aromatic rings. The summed E-state index contributed by atoms with van der Waals surface area (Å²) in [6.07, 6.45) is 7.86. The van der Waals surface area contributed by atoms with Gasteiger partial charge in [-0.15, -0.1) is 0 Å². The summed E-state index contributed by atoms with van der Waals surface area (Å²) in [5.74, 6) is 5.96. The Morgan fingerprint density at radius 2 is 2.13 bits per heavy atom. The maximum Gasteiger partial charge on any atom is 0.177 e. The van der Waals surface area contributed by atoms with E-state index in [9.17, 15) is 0 Å². The summed E-state index contributed by atoms with van der Waals surface area (Å²) in [6, 6.07) is 0. The van der Waals surface area contributed by atoms with E-state index in [4.69, 9.17) is 16.3 Å². The number of hydrogen-bond acceptors (Lipinski definition) is 4. The fourth-order valence-electron chi connectivity index (χ4n) is 2.62. The third-order valence-electron chi connectivity index (χ3n) is 3.40. The highest BCUT2D eigenvalue weighted by molar-refractivity contribution is 8.13. The van der Waals surface area contributed by atoms with Crippen LogP contribution in [-0.2, 0) is 4.74 Å². The number of thioether (sulfide) groups is 1. The van der Waals surface area contributed by atoms with Crippen LogP contribution in [0.1, 0.15) is 38.5 Å². The first-order chi connectivity index (χ1) is 7.24. The molecule has 1 spiro atoms. The fourth-order valence-corrected chi connectivity index (χ4v) is 3.28. The van der Waals surface area contributed by atoms with Crippen molar-refractivity contribution in [3.8, 4) is 0 Å². The Labute approximate surface area is 94.8 Å². The molecule has 0 amide bonds. The topological polar surface area (TPSA) is 73.6 Å². The molecule has 5 heteroatoms. The third kappa shape index (κ3) is 2.58. The fraction of sp³-hybridized carbons (Fsp3) is 0.900. The van der Waals surface area contributed by atoms with Gasteiger partial charge in [0.2, 0.25) is 0 Å². The predicted octanol–water partition coefficient (Wildman–Crippen LogP) is 1.40. The summed E-state index contributed by atoms with van der Waals surface area (Å²) in [5, 5.41) is 3.89. The standard InChI is InChI=1S/C10H19N3OS/c11-9(13-12)15-7-8-3-6-10(14-8)4-1-2-5-10/h8H,1-7,12H2,(H2,11,13). The molecule has 1 aliphatic heterocycles. The average Bonchev–Trinajstić information content (AvgIpc) is 2.86. The SMILES string of the molecule is NN=C(N)SCC1CCC2(CCCC2)O1. The molecule has 0 aromatic carbocycles. The van der Waals surface area contributed by atoms with Gasteiger partial charge >= 0.3 is 0 Å². The normalized spacial score (nSPS) is 30.1. The lowest BCUT2D eigenvalue weighted by Crippen LogP contribution is -2.26. The van der Waals surface area contributed by atoms with Crippen molar-refractivity contribution in [3.05, 3.63) is 0 Å². The minimum Gasteiger partial charge on any atom is -0.377 e. The van der Waals surface area contributed by atoms with Gasteiger partial charge in [0, 0.05) is 5.75 Å². The maximum absolute atomic E-state index is 6.13. The van der Waals surface area contributed by atoms with Crippen LogP contribution in [-0.4, -0.2) is 22.6 Å². The van der Waals surface area contributed by atoms with Crippen molar-refractivity contribution in [2.24, 2.45) is 16.7 Å². The molecule has 0 radical (unpaired) electrons. The van der Waals surface area contributed by atoms with Crippen LogP contribution in [0.2, 0.25) is 0 Å². The number of rotatable bonds is 2. The number of hydrogen-bond donors (Lipinski definition) is 2. The van der Waals surface area contributed by atoms with E-state index in [2.05, 4.69) is 5.10 Å². The van der Waals surface area contributed by atoms with E-state index in [1.807, 2.05) is 0 Å². The van der Waals surface area contributed by atoms with Gasteiger partial charge < -0.3 is 16.3 Å². The number of ether oxygens (including phenoxy) is 1. The lowest BCUT2D eigenvalue weighted by molar-refractivity contribution is -0.0267. The van der Waals surface area contributed by atoms with Crippen molar-refractivity contribution in [2.45, 2.75) is 50.2 Å². The Bertz CT molecular complexity index is 251. The monoisotopic (exact) mass is 229 g/mol. The van der Waals surface area contributed by atoms with Crippen LogP contribution in [0, 0.1) is 0 Å². The molecule has 2 fully saturated rings. The summed E-state index contributed by atoms with van der Waals surface area (Å²) < 4.78 is 6.13. The largest absolute Gasteiger partial charge is 0.377 e. The van der Waals surface area contributed by atoms with Crippen LogP contribution < -0.4 is 11.6 Å². The van der Waals surface area contributed by atoms with E-state index in [-0.39, 0.29) is 5.60 Å². The quantitative estimate of drug-likeness (QED) is 0.325. The smallest absolute Gasteiger partial charge is 0.177 e. The van der Waals surface area contributed by atoms with Gasteiger partial charge in [0.1, 0.15) is 0 Å². The molecule has 1 saturated heterocycles. The zero-order valence-corrected chi connectivity index (χ0v) is 9.76. The molecule has 1 atom stereocenters. The Morgan fingerprint density at radius 1 is 1.40 bits per heavy atom. The maximum atomic E-state index is 6.13. The highest BCUT2D eigenvalue weighted by Gasteiger charge is 2.41. The molecule has 1 aliphatic carbocycles. The van der Waals surface area contributed by atoms with Crippen LogP contribution in [0.5, 0.6) is 0 Å². The summed E-state index contributed by atoms with van der Waals surface area (Å²) in [5.41, 5.74) is 5.75. The molecule has 1 heterocycles. The van der Waals surface area contributed by atoms with Crippen molar-refractivity contribution in [1.29, 1.82) is 0 Å². The molecule has 2 aliphatic rings. The molecule has 4 nitrogen and oxygen atoms in total. The first-order valence-corrected chi connectivity index (χ1v) is 6.57. The number of hydrazone groups is 1. The zero-order chi connectivity index (χ0) is 10.7. The van der Waals surface area contributed by atoms with Gasteiger partial charge in [0.15, 0.2) is 5.17 Å². The molecule has 2 rings (SSSR count). The average molecular weight is 229 g/mol. The Morgan fingerprint density at radius 3 is 2.80 bits per heavy atom. The van der Waals surface area contributed by atoms with Gasteiger partial charge in [0.25, 0.3) is 0 Å². The van der Waals surface area contributed by atoms with Crippen LogP contribution in [0.4, 0.5) is 0 Å². The third-order valence-corrected chi connectivity index (χ3v) is 4.34.